The van der Waals surface area contributed by atoms with Crippen LogP contribution >= 0.6 is 23.2 Å². The zero-order valence-corrected chi connectivity index (χ0v) is 18.6. The highest BCUT2D eigenvalue weighted by Crippen LogP contribution is 2.60. The predicted molar refractivity (Wildman–Crippen MR) is 117 cm³/mol. The van der Waals surface area contributed by atoms with Crippen molar-refractivity contribution in [3.8, 4) is 17.6 Å². The fourth-order valence-corrected chi connectivity index (χ4v) is 3.94. The standard InChI is InChI=1S/C24H23Cl2NO3/c1-4-15-10-11-16(12-19(15)29-17-8-6-5-7-9-17)20(14-27)30-23(28)22-18(13-21(25)26)24(22,2)3/h5-13,18,20,22H,4H2,1-3H3. The van der Waals surface area contributed by atoms with Gasteiger partial charge in [0.15, 0.2) is 0 Å². The normalized spacial score (nSPS) is 19.9. The average Bonchev–Trinajstić information content (AvgIpc) is 3.25. The maximum Gasteiger partial charge on any atom is 0.311 e. The summed E-state index contributed by atoms with van der Waals surface area (Å²) >= 11 is 11.5. The van der Waals surface area contributed by atoms with Gasteiger partial charge in [-0.15, -0.1) is 0 Å². The average molecular weight is 444 g/mol. The van der Waals surface area contributed by atoms with Gasteiger partial charge in [0.05, 0.1) is 5.92 Å². The number of benzene rings is 2. The number of aryl methyl sites for hydroxylation is 1. The molecule has 0 aliphatic heterocycles. The minimum atomic E-state index is -1.03. The van der Waals surface area contributed by atoms with Gasteiger partial charge in [-0.3, -0.25) is 4.79 Å². The van der Waals surface area contributed by atoms with Crippen LogP contribution in [-0.4, -0.2) is 5.97 Å². The summed E-state index contributed by atoms with van der Waals surface area (Å²) in [4.78, 5) is 12.7. The Kier molecular flexibility index (Phi) is 6.75. The molecule has 2 aromatic rings. The maximum atomic E-state index is 12.7. The number of rotatable bonds is 7. The van der Waals surface area contributed by atoms with Crippen molar-refractivity contribution in [1.82, 2.24) is 0 Å². The van der Waals surface area contributed by atoms with Crippen molar-refractivity contribution in [2.45, 2.75) is 33.3 Å². The van der Waals surface area contributed by atoms with Crippen molar-refractivity contribution < 1.29 is 14.3 Å². The Hall–Kier alpha value is -2.48. The fourth-order valence-electron chi connectivity index (χ4n) is 3.67. The third-order valence-corrected chi connectivity index (χ3v) is 5.82. The van der Waals surface area contributed by atoms with E-state index in [2.05, 4.69) is 6.07 Å². The molecule has 1 fully saturated rings. The fraction of sp³-hybridized carbons (Fsp3) is 0.333. The highest BCUT2D eigenvalue weighted by atomic mass is 35.5. The number of carbonyl (C=O) groups excluding carboxylic acids is 1. The first-order chi connectivity index (χ1) is 14.3. The molecular formula is C24H23Cl2NO3. The first-order valence-corrected chi connectivity index (χ1v) is 10.5. The molecule has 156 valence electrons. The summed E-state index contributed by atoms with van der Waals surface area (Å²) in [6, 6.07) is 16.9. The van der Waals surface area contributed by atoms with Gasteiger partial charge in [-0.1, -0.05) is 74.3 Å². The molecule has 0 heterocycles. The zero-order valence-electron chi connectivity index (χ0n) is 17.1. The van der Waals surface area contributed by atoms with Crippen molar-refractivity contribution in [3.05, 3.63) is 70.2 Å². The molecule has 0 saturated heterocycles. The van der Waals surface area contributed by atoms with E-state index in [1.54, 1.807) is 18.2 Å². The SMILES string of the molecule is CCc1ccc(C(C#N)OC(=O)C2C(C=C(Cl)Cl)C2(C)C)cc1Oc1ccccc1. The monoisotopic (exact) mass is 443 g/mol. The summed E-state index contributed by atoms with van der Waals surface area (Å²) in [5.74, 6) is 0.387. The van der Waals surface area contributed by atoms with E-state index >= 15 is 0 Å². The van der Waals surface area contributed by atoms with Gasteiger partial charge in [0.25, 0.3) is 0 Å². The summed E-state index contributed by atoms with van der Waals surface area (Å²) in [5.41, 5.74) is 1.24. The summed E-state index contributed by atoms with van der Waals surface area (Å²) in [6.07, 6.45) is 1.38. The van der Waals surface area contributed by atoms with E-state index < -0.39 is 18.0 Å². The quantitative estimate of drug-likeness (QED) is 0.444. The summed E-state index contributed by atoms with van der Waals surface area (Å²) < 4.78 is 11.7. The third kappa shape index (κ3) is 4.80. The highest BCUT2D eigenvalue weighted by molar-refractivity contribution is 6.55. The number of nitrogens with zero attached hydrogens (tertiary/aromatic N) is 1. The number of nitriles is 1. The molecule has 30 heavy (non-hydrogen) atoms. The molecule has 6 heteroatoms. The predicted octanol–water partition coefficient (Wildman–Crippen LogP) is 6.74. The van der Waals surface area contributed by atoms with E-state index in [4.69, 9.17) is 32.7 Å². The van der Waals surface area contributed by atoms with Crippen LogP contribution in [0.25, 0.3) is 0 Å². The van der Waals surface area contributed by atoms with Crippen LogP contribution in [0.2, 0.25) is 0 Å². The largest absolute Gasteiger partial charge is 0.457 e. The molecule has 0 aromatic heterocycles. The number of esters is 1. The molecule has 0 bridgehead atoms. The van der Waals surface area contributed by atoms with Crippen LogP contribution in [0, 0.1) is 28.6 Å². The molecule has 0 amide bonds. The molecule has 3 unspecified atom stereocenters. The Morgan fingerprint density at radius 3 is 2.53 bits per heavy atom. The smallest absolute Gasteiger partial charge is 0.311 e. The lowest BCUT2D eigenvalue weighted by Gasteiger charge is -2.16. The van der Waals surface area contributed by atoms with Crippen molar-refractivity contribution in [3.63, 3.8) is 0 Å². The molecule has 1 saturated carbocycles. The first kappa shape index (κ1) is 22.2. The molecule has 4 nitrogen and oxygen atoms in total. The molecule has 1 aliphatic rings. The van der Waals surface area contributed by atoms with Crippen molar-refractivity contribution >= 4 is 29.2 Å². The van der Waals surface area contributed by atoms with Crippen LogP contribution in [0.5, 0.6) is 11.5 Å². The number of hydrogen-bond donors (Lipinski definition) is 0. The summed E-state index contributed by atoms with van der Waals surface area (Å²) in [7, 11) is 0. The molecule has 1 aliphatic carbocycles. The van der Waals surface area contributed by atoms with Gasteiger partial charge in [0, 0.05) is 5.56 Å². The lowest BCUT2D eigenvalue weighted by molar-refractivity contribution is -0.149. The van der Waals surface area contributed by atoms with E-state index in [1.165, 1.54) is 0 Å². The Bertz CT molecular complexity index is 991. The minimum absolute atomic E-state index is 0.117. The second-order valence-electron chi connectivity index (χ2n) is 7.86. The topological polar surface area (TPSA) is 59.3 Å². The van der Waals surface area contributed by atoms with Crippen LogP contribution in [0.3, 0.4) is 0 Å². The minimum Gasteiger partial charge on any atom is -0.457 e. The van der Waals surface area contributed by atoms with Crippen molar-refractivity contribution in [2.75, 3.05) is 0 Å². The van der Waals surface area contributed by atoms with E-state index in [1.807, 2.05) is 57.2 Å². The first-order valence-electron chi connectivity index (χ1n) is 9.76. The Balaban J connectivity index is 1.80. The van der Waals surface area contributed by atoms with Gasteiger partial charge in [-0.05, 0) is 47.6 Å². The van der Waals surface area contributed by atoms with Crippen LogP contribution in [-0.2, 0) is 16.0 Å². The second kappa shape index (κ2) is 9.12. The third-order valence-electron chi connectivity index (χ3n) is 5.57. The summed E-state index contributed by atoms with van der Waals surface area (Å²) in [5, 5.41) is 9.66. The maximum absolute atomic E-state index is 12.7. The van der Waals surface area contributed by atoms with E-state index in [0.29, 0.717) is 17.1 Å². The Labute approximate surface area is 187 Å². The number of halogens is 2. The zero-order chi connectivity index (χ0) is 21.9. The van der Waals surface area contributed by atoms with Crippen molar-refractivity contribution in [1.29, 1.82) is 5.26 Å². The number of ether oxygens (including phenoxy) is 2. The number of allylic oxidation sites excluding steroid dienone is 1. The molecule has 0 radical (unpaired) electrons. The summed E-state index contributed by atoms with van der Waals surface area (Å²) in [6.45, 7) is 5.92. The van der Waals surface area contributed by atoms with Crippen LogP contribution < -0.4 is 4.74 Å². The number of para-hydroxylation sites is 1. The van der Waals surface area contributed by atoms with Gasteiger partial charge in [0.1, 0.15) is 22.1 Å². The molecule has 0 N–H and O–H groups in total. The van der Waals surface area contributed by atoms with E-state index in [9.17, 15) is 10.1 Å². The van der Waals surface area contributed by atoms with Gasteiger partial charge < -0.3 is 9.47 Å². The van der Waals surface area contributed by atoms with Crippen molar-refractivity contribution in [2.24, 2.45) is 17.3 Å². The Morgan fingerprint density at radius 1 is 1.23 bits per heavy atom. The highest BCUT2D eigenvalue weighted by Gasteiger charge is 2.62. The molecule has 0 spiro atoms. The number of carbonyl (C=O) groups is 1. The van der Waals surface area contributed by atoms with Gasteiger partial charge in [-0.2, -0.15) is 5.26 Å². The molecule has 2 aromatic carbocycles. The Morgan fingerprint density at radius 2 is 1.93 bits per heavy atom. The van der Waals surface area contributed by atoms with E-state index in [-0.39, 0.29) is 15.8 Å². The van der Waals surface area contributed by atoms with Gasteiger partial charge in [-0.25, -0.2) is 0 Å². The van der Waals surface area contributed by atoms with Crippen LogP contribution in [0.15, 0.2) is 59.1 Å². The van der Waals surface area contributed by atoms with Gasteiger partial charge in [0.2, 0.25) is 6.10 Å². The molecule has 3 rings (SSSR count). The molecular weight excluding hydrogens is 421 g/mol. The lowest BCUT2D eigenvalue weighted by atomic mass is 10.0. The second-order valence-corrected chi connectivity index (χ2v) is 8.87. The molecule has 3 atom stereocenters. The lowest BCUT2D eigenvalue weighted by Crippen LogP contribution is -2.14. The van der Waals surface area contributed by atoms with Crippen LogP contribution in [0.1, 0.15) is 38.0 Å². The van der Waals surface area contributed by atoms with E-state index in [0.717, 1.165) is 12.0 Å². The number of hydrogen-bond acceptors (Lipinski definition) is 4. The van der Waals surface area contributed by atoms with Gasteiger partial charge >= 0.3 is 5.97 Å². The van der Waals surface area contributed by atoms with Crippen LogP contribution in [0.4, 0.5) is 0 Å².